The van der Waals surface area contributed by atoms with E-state index >= 15 is 0 Å². The summed E-state index contributed by atoms with van der Waals surface area (Å²) in [4.78, 5) is 27.7. The topological polar surface area (TPSA) is 85.2 Å². The highest BCUT2D eigenvalue weighted by Crippen LogP contribution is 2.36. The van der Waals surface area contributed by atoms with E-state index in [9.17, 15) is 14.7 Å². The van der Waals surface area contributed by atoms with Crippen LogP contribution in [0.1, 0.15) is 25.0 Å². The first-order valence-electron chi connectivity index (χ1n) is 9.00. The molecule has 0 fully saturated rings. The Hall–Kier alpha value is -2.45. The average Bonchev–Trinajstić information content (AvgIpc) is 2.67. The van der Waals surface area contributed by atoms with Crippen LogP contribution in [0, 0.1) is 5.92 Å². The molecule has 2 aromatic carbocycles. The molecule has 0 aliphatic heterocycles. The smallest absolute Gasteiger partial charge is 0.336 e. The zero-order valence-corrected chi connectivity index (χ0v) is 19.8. The van der Waals surface area contributed by atoms with Gasteiger partial charge in [-0.3, -0.25) is 4.99 Å². The number of hydrogen-bond donors (Lipinski definition) is 1. The minimum absolute atomic E-state index is 0.152. The van der Waals surface area contributed by atoms with E-state index in [1.807, 2.05) is 24.3 Å². The Bertz CT molecular complexity index is 985. The summed E-state index contributed by atoms with van der Waals surface area (Å²) in [5.74, 6) is -1.18. The highest BCUT2D eigenvalue weighted by atomic mass is 79.9. The molecule has 0 amide bonds. The average molecular weight is 539 g/mol. The van der Waals surface area contributed by atoms with Crippen molar-refractivity contribution in [1.82, 2.24) is 0 Å². The van der Waals surface area contributed by atoms with E-state index in [1.54, 1.807) is 32.1 Å². The second kappa shape index (κ2) is 11.1. The first kappa shape index (κ1) is 23.8. The van der Waals surface area contributed by atoms with Gasteiger partial charge in [-0.05, 0) is 63.3 Å². The molecule has 0 bridgehead atoms. The summed E-state index contributed by atoms with van der Waals surface area (Å²) < 4.78 is 12.1. The van der Waals surface area contributed by atoms with Gasteiger partial charge in [-0.2, -0.15) is 0 Å². The zero-order valence-electron chi connectivity index (χ0n) is 16.6. The van der Waals surface area contributed by atoms with Crippen LogP contribution in [0.25, 0.3) is 6.08 Å². The van der Waals surface area contributed by atoms with Gasteiger partial charge in [0.1, 0.15) is 6.04 Å². The summed E-state index contributed by atoms with van der Waals surface area (Å²) >= 11 is 6.75. The lowest BCUT2D eigenvalue weighted by Crippen LogP contribution is -2.24. The standard InChI is InChI=1S/C22H21Br2NO5/c1-13(2)20(22(27)28)25-12-15-10-17(24)21(18(11-15)29-3)30-19(26)8-7-14-5-4-6-16(23)9-14/h4-13,20H,1-3H3,(H,27,28)/b8-7+,25-12?. The van der Waals surface area contributed by atoms with Gasteiger partial charge in [0.2, 0.25) is 0 Å². The quantitative estimate of drug-likeness (QED) is 0.211. The molecule has 0 spiro atoms. The molecule has 0 aromatic heterocycles. The van der Waals surface area contributed by atoms with Crippen LogP contribution in [-0.2, 0) is 9.59 Å². The number of esters is 1. The lowest BCUT2D eigenvalue weighted by molar-refractivity contribution is -0.139. The lowest BCUT2D eigenvalue weighted by atomic mass is 10.1. The second-order valence-electron chi connectivity index (χ2n) is 6.65. The van der Waals surface area contributed by atoms with Gasteiger partial charge in [-0.25, -0.2) is 9.59 Å². The summed E-state index contributed by atoms with van der Waals surface area (Å²) in [5.41, 5.74) is 1.45. The monoisotopic (exact) mass is 537 g/mol. The number of carboxylic acid groups (broad SMARTS) is 1. The summed E-state index contributed by atoms with van der Waals surface area (Å²) in [6.07, 6.45) is 4.43. The van der Waals surface area contributed by atoms with E-state index < -0.39 is 18.0 Å². The summed E-state index contributed by atoms with van der Waals surface area (Å²) in [6, 6.07) is 9.93. The molecule has 0 aliphatic rings. The molecule has 8 heteroatoms. The highest BCUT2D eigenvalue weighted by molar-refractivity contribution is 9.10. The van der Waals surface area contributed by atoms with Crippen LogP contribution in [0.3, 0.4) is 0 Å². The molecule has 1 unspecified atom stereocenters. The number of carbonyl (C=O) groups excluding carboxylic acids is 1. The fourth-order valence-corrected chi connectivity index (χ4v) is 3.47. The second-order valence-corrected chi connectivity index (χ2v) is 8.42. The normalized spacial score (nSPS) is 12.5. The third kappa shape index (κ3) is 6.81. The van der Waals surface area contributed by atoms with E-state index in [-0.39, 0.29) is 11.7 Å². The zero-order chi connectivity index (χ0) is 22.3. The number of hydrogen-bond acceptors (Lipinski definition) is 5. The largest absolute Gasteiger partial charge is 0.493 e. The molecule has 6 nitrogen and oxygen atoms in total. The third-order valence-corrected chi connectivity index (χ3v) is 5.07. The van der Waals surface area contributed by atoms with E-state index in [0.29, 0.717) is 15.8 Å². The maximum absolute atomic E-state index is 12.3. The number of aliphatic carboxylic acids is 1. The van der Waals surface area contributed by atoms with Crippen LogP contribution in [0.4, 0.5) is 0 Å². The predicted octanol–water partition coefficient (Wildman–Crippen LogP) is 5.37. The maximum atomic E-state index is 12.3. The van der Waals surface area contributed by atoms with Crippen molar-refractivity contribution < 1.29 is 24.2 Å². The number of aliphatic imine (C=N–C) groups is 1. The summed E-state index contributed by atoms with van der Waals surface area (Å²) in [6.45, 7) is 3.58. The van der Waals surface area contributed by atoms with Crippen molar-refractivity contribution >= 4 is 56.1 Å². The van der Waals surface area contributed by atoms with Gasteiger partial charge in [0.15, 0.2) is 11.5 Å². The van der Waals surface area contributed by atoms with Crippen molar-refractivity contribution in [2.45, 2.75) is 19.9 Å². The summed E-state index contributed by atoms with van der Waals surface area (Å²) in [7, 11) is 1.45. The molecule has 0 aliphatic carbocycles. The number of nitrogens with zero attached hydrogens (tertiary/aromatic N) is 1. The fourth-order valence-electron chi connectivity index (χ4n) is 2.51. The third-order valence-electron chi connectivity index (χ3n) is 3.98. The van der Waals surface area contributed by atoms with Gasteiger partial charge in [0.25, 0.3) is 0 Å². The molecule has 0 radical (unpaired) electrons. The molecule has 1 atom stereocenters. The maximum Gasteiger partial charge on any atom is 0.336 e. The predicted molar refractivity (Wildman–Crippen MR) is 123 cm³/mol. The minimum atomic E-state index is -0.991. The molecule has 0 heterocycles. The van der Waals surface area contributed by atoms with Crippen LogP contribution in [-0.4, -0.2) is 36.4 Å². The van der Waals surface area contributed by atoms with Crippen molar-refractivity contribution in [1.29, 1.82) is 0 Å². The van der Waals surface area contributed by atoms with Crippen LogP contribution in [0.2, 0.25) is 0 Å². The Morgan fingerprint density at radius 2 is 1.87 bits per heavy atom. The first-order valence-corrected chi connectivity index (χ1v) is 10.6. The number of halogens is 2. The number of carbonyl (C=O) groups is 2. The number of rotatable bonds is 8. The van der Waals surface area contributed by atoms with Gasteiger partial charge >= 0.3 is 11.9 Å². The van der Waals surface area contributed by atoms with Crippen molar-refractivity contribution in [2.75, 3.05) is 7.11 Å². The fraction of sp³-hybridized carbons (Fsp3) is 0.227. The van der Waals surface area contributed by atoms with Crippen LogP contribution in [0.15, 0.2) is 56.4 Å². The SMILES string of the molecule is COc1cc(C=NC(C(=O)O)C(C)C)cc(Br)c1OC(=O)/C=C/c1cccc(Br)c1. The van der Waals surface area contributed by atoms with Crippen molar-refractivity contribution in [3.05, 3.63) is 62.5 Å². The molecule has 2 rings (SSSR count). The molecule has 0 saturated carbocycles. The van der Waals surface area contributed by atoms with Crippen LogP contribution < -0.4 is 9.47 Å². The highest BCUT2D eigenvalue weighted by Gasteiger charge is 2.20. The Morgan fingerprint density at radius 3 is 2.47 bits per heavy atom. The number of benzene rings is 2. The van der Waals surface area contributed by atoms with E-state index in [0.717, 1.165) is 10.0 Å². The molecule has 2 aromatic rings. The minimum Gasteiger partial charge on any atom is -0.493 e. The van der Waals surface area contributed by atoms with Crippen molar-refractivity contribution in [3.63, 3.8) is 0 Å². The van der Waals surface area contributed by atoms with Gasteiger partial charge in [0, 0.05) is 16.8 Å². The Kier molecular flexibility index (Phi) is 8.80. The number of ether oxygens (including phenoxy) is 2. The molecular weight excluding hydrogens is 518 g/mol. The van der Waals surface area contributed by atoms with E-state index in [2.05, 4.69) is 36.9 Å². The van der Waals surface area contributed by atoms with Crippen molar-refractivity contribution in [3.8, 4) is 11.5 Å². The molecule has 30 heavy (non-hydrogen) atoms. The van der Waals surface area contributed by atoms with Crippen LogP contribution >= 0.6 is 31.9 Å². The molecule has 1 N–H and O–H groups in total. The van der Waals surface area contributed by atoms with Gasteiger partial charge in [-0.15, -0.1) is 0 Å². The van der Waals surface area contributed by atoms with E-state index in [4.69, 9.17) is 9.47 Å². The molecule has 158 valence electrons. The van der Waals surface area contributed by atoms with Crippen LogP contribution in [0.5, 0.6) is 11.5 Å². The van der Waals surface area contributed by atoms with E-state index in [1.165, 1.54) is 19.4 Å². The Morgan fingerprint density at radius 1 is 1.13 bits per heavy atom. The Labute approximate surface area is 191 Å². The molecule has 0 saturated heterocycles. The molecular formula is C22H21Br2NO5. The van der Waals surface area contributed by atoms with Gasteiger partial charge < -0.3 is 14.6 Å². The van der Waals surface area contributed by atoms with Gasteiger partial charge in [0.05, 0.1) is 11.6 Å². The first-order chi connectivity index (χ1) is 14.2. The van der Waals surface area contributed by atoms with Crippen molar-refractivity contribution in [2.24, 2.45) is 10.9 Å². The summed E-state index contributed by atoms with van der Waals surface area (Å²) in [5, 5.41) is 9.25. The van der Waals surface area contributed by atoms with Gasteiger partial charge in [-0.1, -0.05) is 41.9 Å². The number of carboxylic acids is 1. The Balaban J connectivity index is 2.21. The number of methoxy groups -OCH3 is 1. The lowest BCUT2D eigenvalue weighted by Gasteiger charge is -2.12.